The van der Waals surface area contributed by atoms with Crippen LogP contribution in [0.2, 0.25) is 0 Å². The molecule has 3 heterocycles. The first-order valence-electron chi connectivity index (χ1n) is 9.45. The molecule has 1 fully saturated rings. The molecule has 0 bridgehead atoms. The largest absolute Gasteiger partial charge is 0.497 e. The molecule has 1 aliphatic rings. The minimum atomic E-state index is 0.115. The number of carbonyl (C=O) groups excluding carboxylic acids is 1. The highest BCUT2D eigenvalue weighted by atomic mass is 16.5. The molecule has 3 aromatic rings. The number of anilines is 1. The molecular formula is C19H24N8O2. The molecule has 1 amide bonds. The molecule has 1 N–H and O–H groups in total. The lowest BCUT2D eigenvalue weighted by molar-refractivity contribution is -0.130. The smallest absolute Gasteiger partial charge is 0.236 e. The summed E-state index contributed by atoms with van der Waals surface area (Å²) in [6, 6.07) is 7.63. The Morgan fingerprint density at radius 1 is 1.31 bits per heavy atom. The van der Waals surface area contributed by atoms with Crippen LogP contribution in [0.1, 0.15) is 6.42 Å². The molecule has 10 heteroatoms. The van der Waals surface area contributed by atoms with Crippen molar-refractivity contribution in [3.8, 4) is 11.4 Å². The van der Waals surface area contributed by atoms with E-state index in [1.807, 2.05) is 48.2 Å². The molecule has 29 heavy (non-hydrogen) atoms. The van der Waals surface area contributed by atoms with E-state index in [0.29, 0.717) is 30.2 Å². The summed E-state index contributed by atoms with van der Waals surface area (Å²) in [5.41, 5.74) is 2.06. The quantitative estimate of drug-likeness (QED) is 0.653. The Bertz CT molecular complexity index is 1000. The monoisotopic (exact) mass is 396 g/mol. The number of methoxy groups -OCH3 is 1. The summed E-state index contributed by atoms with van der Waals surface area (Å²) in [5.74, 6) is 1.41. The topological polar surface area (TPSA) is 101 Å². The van der Waals surface area contributed by atoms with Gasteiger partial charge >= 0.3 is 0 Å². The number of fused-ring (bicyclic) bond motifs is 1. The second-order valence-corrected chi connectivity index (χ2v) is 7.31. The Labute approximate surface area is 168 Å². The van der Waals surface area contributed by atoms with Crippen molar-refractivity contribution in [3.05, 3.63) is 30.5 Å². The lowest BCUT2D eigenvalue weighted by atomic mass is 10.3. The average Bonchev–Trinajstić information content (AvgIpc) is 3.34. The van der Waals surface area contributed by atoms with Gasteiger partial charge in [-0.1, -0.05) is 5.21 Å². The van der Waals surface area contributed by atoms with Crippen molar-refractivity contribution in [2.24, 2.45) is 0 Å². The van der Waals surface area contributed by atoms with Gasteiger partial charge in [0.2, 0.25) is 11.9 Å². The van der Waals surface area contributed by atoms with Gasteiger partial charge in [0.1, 0.15) is 5.75 Å². The van der Waals surface area contributed by atoms with E-state index in [0.717, 1.165) is 24.4 Å². The number of aromatic nitrogens is 5. The normalized spacial score (nSPS) is 16.6. The number of nitrogens with zero attached hydrogens (tertiary/aromatic N) is 7. The number of rotatable bonds is 6. The minimum Gasteiger partial charge on any atom is -0.497 e. The van der Waals surface area contributed by atoms with Crippen LogP contribution in [0, 0.1) is 0 Å². The standard InChI is InChI=1S/C19H24N8O2/c1-25(2)12-17(28)26-9-8-13(11-26)21-19-20-10-16-18(22-19)27(24-23-16)14-4-6-15(29-3)7-5-14/h4-7,10,13H,8-9,11-12H2,1-3H3,(H,20,21,22)/t13-/m1/s1. The summed E-state index contributed by atoms with van der Waals surface area (Å²) in [7, 11) is 5.42. The van der Waals surface area contributed by atoms with Crippen LogP contribution in [0.15, 0.2) is 30.5 Å². The van der Waals surface area contributed by atoms with E-state index in [9.17, 15) is 4.79 Å². The van der Waals surface area contributed by atoms with Gasteiger partial charge in [0, 0.05) is 19.1 Å². The second-order valence-electron chi connectivity index (χ2n) is 7.31. The number of nitrogens with one attached hydrogen (secondary N) is 1. The number of benzene rings is 1. The first-order chi connectivity index (χ1) is 14.0. The zero-order valence-electron chi connectivity index (χ0n) is 16.7. The van der Waals surface area contributed by atoms with E-state index in [2.05, 4.69) is 25.6 Å². The Hall–Kier alpha value is -3.27. The van der Waals surface area contributed by atoms with Crippen molar-refractivity contribution in [2.45, 2.75) is 12.5 Å². The van der Waals surface area contributed by atoms with Crippen LogP contribution in [0.5, 0.6) is 5.75 Å². The molecule has 0 spiro atoms. The first kappa shape index (κ1) is 19.1. The Balaban J connectivity index is 1.50. The molecule has 1 saturated heterocycles. The van der Waals surface area contributed by atoms with Crippen molar-refractivity contribution in [2.75, 3.05) is 46.2 Å². The zero-order chi connectivity index (χ0) is 20.4. The van der Waals surface area contributed by atoms with Crippen LogP contribution in [-0.2, 0) is 4.79 Å². The number of likely N-dealkylation sites (N-methyl/N-ethyl adjacent to an activating group) is 1. The van der Waals surface area contributed by atoms with Gasteiger partial charge in [-0.15, -0.1) is 5.10 Å². The molecule has 152 valence electrons. The Morgan fingerprint density at radius 2 is 2.10 bits per heavy atom. The van der Waals surface area contributed by atoms with Crippen LogP contribution in [0.25, 0.3) is 16.9 Å². The molecule has 2 aromatic heterocycles. The number of hydrogen-bond donors (Lipinski definition) is 1. The van der Waals surface area contributed by atoms with Gasteiger partial charge in [0.05, 0.1) is 25.5 Å². The predicted molar refractivity (Wildman–Crippen MR) is 108 cm³/mol. The van der Waals surface area contributed by atoms with E-state index in [4.69, 9.17) is 4.74 Å². The number of hydrogen-bond acceptors (Lipinski definition) is 8. The van der Waals surface area contributed by atoms with Gasteiger partial charge < -0.3 is 19.9 Å². The van der Waals surface area contributed by atoms with Gasteiger partial charge in [-0.05, 0) is 44.8 Å². The molecular weight excluding hydrogens is 372 g/mol. The maximum atomic E-state index is 12.2. The molecule has 4 rings (SSSR count). The van der Waals surface area contributed by atoms with Crippen LogP contribution >= 0.6 is 0 Å². The molecule has 0 unspecified atom stereocenters. The SMILES string of the molecule is COc1ccc(-n2nnc3cnc(N[C@@H]4CCN(C(=O)CN(C)C)C4)nc32)cc1. The van der Waals surface area contributed by atoms with Crippen molar-refractivity contribution in [3.63, 3.8) is 0 Å². The van der Waals surface area contributed by atoms with Gasteiger partial charge in [-0.25, -0.2) is 4.98 Å². The van der Waals surface area contributed by atoms with E-state index >= 15 is 0 Å². The number of amides is 1. The van der Waals surface area contributed by atoms with E-state index in [-0.39, 0.29) is 11.9 Å². The van der Waals surface area contributed by atoms with Crippen molar-refractivity contribution in [1.29, 1.82) is 0 Å². The fourth-order valence-corrected chi connectivity index (χ4v) is 3.35. The lowest BCUT2D eigenvalue weighted by Gasteiger charge is -2.19. The van der Waals surface area contributed by atoms with Crippen molar-refractivity contribution in [1.82, 2.24) is 34.8 Å². The number of likely N-dealkylation sites (tertiary alicyclic amines) is 1. The van der Waals surface area contributed by atoms with E-state index in [1.54, 1.807) is 18.0 Å². The molecule has 10 nitrogen and oxygen atoms in total. The van der Waals surface area contributed by atoms with Gasteiger partial charge in [0.15, 0.2) is 11.2 Å². The van der Waals surface area contributed by atoms with Gasteiger partial charge in [-0.3, -0.25) is 4.79 Å². The van der Waals surface area contributed by atoms with E-state index in [1.165, 1.54) is 0 Å². The highest BCUT2D eigenvalue weighted by molar-refractivity contribution is 5.78. The number of carbonyl (C=O) groups is 1. The van der Waals surface area contributed by atoms with Crippen LogP contribution in [0.3, 0.4) is 0 Å². The predicted octanol–water partition coefficient (Wildman–Crippen LogP) is 0.794. The van der Waals surface area contributed by atoms with E-state index < -0.39 is 0 Å². The fraction of sp³-hybridized carbons (Fsp3) is 0.421. The molecule has 1 aromatic carbocycles. The molecule has 0 aliphatic carbocycles. The lowest BCUT2D eigenvalue weighted by Crippen LogP contribution is -2.37. The van der Waals surface area contributed by atoms with Crippen LogP contribution in [0.4, 0.5) is 5.95 Å². The number of ether oxygens (including phenoxy) is 1. The van der Waals surface area contributed by atoms with Crippen molar-refractivity contribution >= 4 is 23.0 Å². The third kappa shape index (κ3) is 4.11. The highest BCUT2D eigenvalue weighted by Gasteiger charge is 2.27. The summed E-state index contributed by atoms with van der Waals surface area (Å²) in [5, 5.41) is 11.7. The summed E-state index contributed by atoms with van der Waals surface area (Å²) < 4.78 is 6.87. The summed E-state index contributed by atoms with van der Waals surface area (Å²) in [4.78, 5) is 25.0. The zero-order valence-corrected chi connectivity index (χ0v) is 16.7. The maximum absolute atomic E-state index is 12.2. The molecule has 1 atom stereocenters. The average molecular weight is 396 g/mol. The molecule has 0 radical (unpaired) electrons. The molecule has 1 aliphatic heterocycles. The van der Waals surface area contributed by atoms with Crippen molar-refractivity contribution < 1.29 is 9.53 Å². The summed E-state index contributed by atoms with van der Waals surface area (Å²) >= 11 is 0. The third-order valence-corrected chi connectivity index (χ3v) is 4.84. The van der Waals surface area contributed by atoms with Crippen LogP contribution < -0.4 is 10.1 Å². The molecule has 0 saturated carbocycles. The Morgan fingerprint density at radius 3 is 2.83 bits per heavy atom. The second kappa shape index (κ2) is 8.00. The highest BCUT2D eigenvalue weighted by Crippen LogP contribution is 2.19. The third-order valence-electron chi connectivity index (χ3n) is 4.84. The minimum absolute atomic E-state index is 0.115. The Kier molecular flexibility index (Phi) is 5.26. The van der Waals surface area contributed by atoms with Gasteiger partial charge in [0.25, 0.3) is 0 Å². The maximum Gasteiger partial charge on any atom is 0.236 e. The first-order valence-corrected chi connectivity index (χ1v) is 9.45. The summed E-state index contributed by atoms with van der Waals surface area (Å²) in [6.45, 7) is 1.80. The fourth-order valence-electron chi connectivity index (χ4n) is 3.35. The summed E-state index contributed by atoms with van der Waals surface area (Å²) in [6.07, 6.45) is 2.51. The van der Waals surface area contributed by atoms with Gasteiger partial charge in [-0.2, -0.15) is 9.67 Å². The van der Waals surface area contributed by atoms with Crippen LogP contribution in [-0.4, -0.2) is 87.6 Å².